The van der Waals surface area contributed by atoms with Crippen LogP contribution in [0.4, 0.5) is 0 Å². The molecule has 0 radical (unpaired) electrons. The van der Waals surface area contributed by atoms with Crippen LogP contribution < -0.4 is 13.6 Å². The third-order valence-electron chi connectivity index (χ3n) is 1.35. The van der Waals surface area contributed by atoms with Crippen LogP contribution in [0.1, 0.15) is 0 Å². The maximum absolute atomic E-state index is 11.2. The van der Waals surface area contributed by atoms with Crippen molar-refractivity contribution in [2.75, 3.05) is 0 Å². The molecule has 3 rings (SSSR count). The van der Waals surface area contributed by atoms with E-state index in [0.29, 0.717) is 11.5 Å². The standard InChI is InChI=1S/C4HN2O4P/c7-11-8-2-1-5-6-4(10-11)3(2)9-11/h1H. The van der Waals surface area contributed by atoms with Gasteiger partial charge in [-0.2, -0.15) is 9.66 Å². The summed E-state index contributed by atoms with van der Waals surface area (Å²) in [5, 5.41) is 7.07. The Labute approximate surface area is 60.7 Å². The highest BCUT2D eigenvalue weighted by Gasteiger charge is 2.51. The number of phosphoric acid groups is 1. The van der Waals surface area contributed by atoms with Gasteiger partial charge in [0.25, 0.3) is 5.88 Å². The molecule has 2 aliphatic heterocycles. The van der Waals surface area contributed by atoms with E-state index < -0.39 is 7.82 Å². The molecule has 7 heteroatoms. The summed E-state index contributed by atoms with van der Waals surface area (Å²) < 4.78 is 25.5. The van der Waals surface area contributed by atoms with Crippen LogP contribution >= 0.6 is 7.82 Å². The number of phosphoric ester groups is 1. The van der Waals surface area contributed by atoms with Crippen molar-refractivity contribution in [3.63, 3.8) is 0 Å². The van der Waals surface area contributed by atoms with Gasteiger partial charge in [-0.25, -0.2) is 0 Å². The number of nitrogens with zero attached hydrogens (tertiary/aromatic N) is 2. The SMILES string of the molecule is O=P12Oc3cnnc(c3O1)O2. The fraction of sp³-hybridized carbons (Fsp3) is 0. The van der Waals surface area contributed by atoms with Crippen molar-refractivity contribution >= 4 is 7.82 Å². The van der Waals surface area contributed by atoms with Crippen LogP contribution in [0.2, 0.25) is 0 Å². The third kappa shape index (κ3) is 0.511. The molecule has 1 aromatic heterocycles. The van der Waals surface area contributed by atoms with Gasteiger partial charge in [0, 0.05) is 0 Å². The molecule has 6 nitrogen and oxygen atoms in total. The summed E-state index contributed by atoms with van der Waals surface area (Å²) in [7, 11) is -3.35. The molecule has 0 N–H and O–H groups in total. The van der Waals surface area contributed by atoms with Crippen molar-refractivity contribution in [1.82, 2.24) is 10.2 Å². The molecule has 0 spiro atoms. The number of hydrogen-bond donors (Lipinski definition) is 0. The maximum Gasteiger partial charge on any atom is 0.649 e. The second-order valence-electron chi connectivity index (χ2n) is 2.06. The van der Waals surface area contributed by atoms with E-state index in [9.17, 15) is 4.57 Å². The summed E-state index contributed by atoms with van der Waals surface area (Å²) in [6, 6.07) is 0. The molecule has 0 saturated carbocycles. The van der Waals surface area contributed by atoms with E-state index in [2.05, 4.69) is 10.2 Å². The van der Waals surface area contributed by atoms with Gasteiger partial charge in [0.1, 0.15) is 0 Å². The first-order chi connectivity index (χ1) is 5.27. The van der Waals surface area contributed by atoms with Gasteiger partial charge in [0.15, 0.2) is 0 Å². The zero-order valence-corrected chi connectivity index (χ0v) is 5.95. The Morgan fingerprint density at radius 1 is 1.36 bits per heavy atom. The summed E-state index contributed by atoms with van der Waals surface area (Å²) in [6.45, 7) is 0. The molecule has 2 bridgehead atoms. The molecule has 11 heavy (non-hydrogen) atoms. The molecular weight excluding hydrogens is 171 g/mol. The van der Waals surface area contributed by atoms with Gasteiger partial charge < -0.3 is 13.6 Å². The van der Waals surface area contributed by atoms with Crippen LogP contribution in [0.5, 0.6) is 17.4 Å². The molecule has 0 aliphatic carbocycles. The Morgan fingerprint density at radius 3 is 2.91 bits per heavy atom. The van der Waals surface area contributed by atoms with Crippen molar-refractivity contribution in [1.29, 1.82) is 0 Å². The molecule has 3 heterocycles. The van der Waals surface area contributed by atoms with Crippen LogP contribution in [-0.4, -0.2) is 10.2 Å². The lowest BCUT2D eigenvalue weighted by molar-refractivity contribution is 0.347. The molecule has 0 amide bonds. The van der Waals surface area contributed by atoms with E-state index in [1.165, 1.54) is 6.20 Å². The lowest BCUT2D eigenvalue weighted by atomic mass is 10.5. The van der Waals surface area contributed by atoms with Gasteiger partial charge in [-0.05, 0) is 0 Å². The summed E-state index contributed by atoms with van der Waals surface area (Å²) >= 11 is 0. The minimum absolute atomic E-state index is 0.150. The average Bonchev–Trinajstić information content (AvgIpc) is 2.37. The lowest BCUT2D eigenvalue weighted by Crippen LogP contribution is -1.99. The predicted octanol–water partition coefficient (Wildman–Crippen LogP) is 0.748. The Morgan fingerprint density at radius 2 is 2.27 bits per heavy atom. The van der Waals surface area contributed by atoms with Crippen molar-refractivity contribution in [2.24, 2.45) is 0 Å². The van der Waals surface area contributed by atoms with E-state index in [4.69, 9.17) is 13.6 Å². The number of fused-ring (bicyclic) bond motifs is 1. The molecule has 1 atom stereocenters. The number of rotatable bonds is 0. The molecule has 2 aliphatic rings. The second kappa shape index (κ2) is 1.33. The fourth-order valence-electron chi connectivity index (χ4n) is 0.946. The first-order valence-electron chi connectivity index (χ1n) is 2.81. The highest BCUT2D eigenvalue weighted by atomic mass is 31.2. The summed E-state index contributed by atoms with van der Waals surface area (Å²) in [4.78, 5) is 0. The molecular formula is C4HN2O4P. The first kappa shape index (κ1) is 5.37. The normalized spacial score (nSPS) is 29.1. The Hall–Kier alpha value is -1.29. The van der Waals surface area contributed by atoms with Gasteiger partial charge in [-0.3, -0.25) is 0 Å². The Kier molecular flexibility index (Phi) is 0.651. The highest BCUT2D eigenvalue weighted by Crippen LogP contribution is 2.67. The quantitative estimate of drug-likeness (QED) is 0.537. The van der Waals surface area contributed by atoms with Crippen LogP contribution in [0.15, 0.2) is 6.20 Å². The number of aromatic nitrogens is 2. The zero-order valence-electron chi connectivity index (χ0n) is 5.05. The van der Waals surface area contributed by atoms with E-state index >= 15 is 0 Å². The summed E-state index contributed by atoms with van der Waals surface area (Å²) in [5.41, 5.74) is 0. The monoisotopic (exact) mass is 172 g/mol. The summed E-state index contributed by atoms with van der Waals surface area (Å²) in [5.74, 6) is 0.782. The highest BCUT2D eigenvalue weighted by molar-refractivity contribution is 7.50. The predicted molar refractivity (Wildman–Crippen MR) is 31.5 cm³/mol. The molecule has 1 aromatic rings. The van der Waals surface area contributed by atoms with E-state index in [0.717, 1.165) is 0 Å². The Bertz CT molecular complexity index is 355. The van der Waals surface area contributed by atoms with Crippen molar-refractivity contribution in [3.05, 3.63) is 6.20 Å². The molecule has 56 valence electrons. The summed E-state index contributed by atoms with van der Waals surface area (Å²) in [6.07, 6.45) is 1.33. The Balaban J connectivity index is 2.41. The van der Waals surface area contributed by atoms with Crippen LogP contribution in [0.3, 0.4) is 0 Å². The van der Waals surface area contributed by atoms with Crippen molar-refractivity contribution in [3.8, 4) is 17.4 Å². The smallest absolute Gasteiger partial charge is 0.380 e. The average molecular weight is 172 g/mol. The van der Waals surface area contributed by atoms with Crippen LogP contribution in [-0.2, 0) is 4.57 Å². The number of hydrogen-bond acceptors (Lipinski definition) is 6. The van der Waals surface area contributed by atoms with Gasteiger partial charge in [0.2, 0.25) is 11.5 Å². The second-order valence-corrected chi connectivity index (χ2v) is 3.51. The minimum Gasteiger partial charge on any atom is -0.380 e. The van der Waals surface area contributed by atoms with Gasteiger partial charge >= 0.3 is 7.82 Å². The van der Waals surface area contributed by atoms with Crippen molar-refractivity contribution in [2.45, 2.75) is 0 Å². The zero-order chi connectivity index (χ0) is 7.47. The first-order valence-corrected chi connectivity index (χ1v) is 4.27. The maximum atomic E-state index is 11.2. The third-order valence-corrected chi connectivity index (χ3v) is 2.58. The van der Waals surface area contributed by atoms with E-state index in [-0.39, 0.29) is 5.88 Å². The minimum atomic E-state index is -3.35. The molecule has 0 fully saturated rings. The molecule has 0 saturated heterocycles. The van der Waals surface area contributed by atoms with Gasteiger partial charge in [-0.1, -0.05) is 0 Å². The van der Waals surface area contributed by atoms with Gasteiger partial charge in [0.05, 0.1) is 6.20 Å². The van der Waals surface area contributed by atoms with Gasteiger partial charge in [-0.15, -0.1) is 5.10 Å². The van der Waals surface area contributed by atoms with Crippen LogP contribution in [0, 0.1) is 0 Å². The van der Waals surface area contributed by atoms with E-state index in [1.54, 1.807) is 0 Å². The molecule has 0 aromatic carbocycles. The van der Waals surface area contributed by atoms with E-state index in [1.807, 2.05) is 0 Å². The van der Waals surface area contributed by atoms with Crippen molar-refractivity contribution < 1.29 is 18.1 Å². The largest absolute Gasteiger partial charge is 0.649 e. The van der Waals surface area contributed by atoms with Crippen LogP contribution in [0.25, 0.3) is 0 Å². The fourth-order valence-corrected chi connectivity index (χ4v) is 2.15. The lowest BCUT2D eigenvalue weighted by Gasteiger charge is -2.05. The topological polar surface area (TPSA) is 70.5 Å². The molecule has 1 unspecified atom stereocenters.